The van der Waals surface area contributed by atoms with E-state index in [1.54, 1.807) is 4.57 Å². The molecule has 1 atom stereocenters. The molecule has 20 heavy (non-hydrogen) atoms. The van der Waals surface area contributed by atoms with Crippen molar-refractivity contribution >= 4 is 5.57 Å². The largest absolute Gasteiger partial charge is 1.00 e. The van der Waals surface area contributed by atoms with Crippen LogP contribution in [0.5, 0.6) is 0 Å². The Morgan fingerprint density at radius 3 is 2.70 bits per heavy atom. The topological polar surface area (TPSA) is 63.1 Å². The van der Waals surface area contributed by atoms with E-state index < -0.39 is 0 Å². The van der Waals surface area contributed by atoms with Gasteiger partial charge in [-0.2, -0.15) is 5.26 Å². The Balaban J connectivity index is 0.00000180. The SMILES string of the molecule is CC1CC/C(=C\[NH+](C)C)c2ncc(C#N)c(=O)n21.[Cl-].[Cl-]. The molecule has 1 aromatic heterocycles. The van der Waals surface area contributed by atoms with E-state index >= 15 is 0 Å². The van der Waals surface area contributed by atoms with Gasteiger partial charge in [-0.25, -0.2) is 4.98 Å². The van der Waals surface area contributed by atoms with Crippen molar-refractivity contribution in [1.82, 2.24) is 9.55 Å². The van der Waals surface area contributed by atoms with Gasteiger partial charge in [-0.3, -0.25) is 9.36 Å². The third-order valence-electron chi connectivity index (χ3n) is 3.14. The molecular formula is C13H17Cl2N4O-. The molecule has 0 fully saturated rings. The van der Waals surface area contributed by atoms with E-state index in [0.717, 1.165) is 18.4 Å². The summed E-state index contributed by atoms with van der Waals surface area (Å²) in [6.07, 6.45) is 5.27. The Hall–Kier alpha value is -1.35. The Morgan fingerprint density at radius 1 is 1.50 bits per heavy atom. The van der Waals surface area contributed by atoms with Crippen LogP contribution >= 0.6 is 0 Å². The second-order valence-corrected chi connectivity index (χ2v) is 4.92. The number of hydrogen-bond donors (Lipinski definition) is 1. The Labute approximate surface area is 130 Å². The minimum absolute atomic E-state index is 0. The number of hydrogen-bond acceptors (Lipinski definition) is 3. The van der Waals surface area contributed by atoms with Crippen LogP contribution in [-0.4, -0.2) is 23.6 Å². The molecule has 1 N–H and O–H groups in total. The number of halogens is 2. The van der Waals surface area contributed by atoms with Crippen LogP contribution in [0.2, 0.25) is 0 Å². The summed E-state index contributed by atoms with van der Waals surface area (Å²) in [6, 6.07) is 2.00. The molecule has 1 aliphatic heterocycles. The summed E-state index contributed by atoms with van der Waals surface area (Å²) in [5, 5.41) is 8.90. The lowest BCUT2D eigenvalue weighted by Crippen LogP contribution is -3.00. The minimum Gasteiger partial charge on any atom is -1.00 e. The Kier molecular flexibility index (Phi) is 6.94. The van der Waals surface area contributed by atoms with Crippen molar-refractivity contribution in [3.05, 3.63) is 34.1 Å². The van der Waals surface area contributed by atoms with Gasteiger partial charge in [0.1, 0.15) is 23.7 Å². The highest BCUT2D eigenvalue weighted by Crippen LogP contribution is 2.28. The van der Waals surface area contributed by atoms with Crippen molar-refractivity contribution < 1.29 is 29.7 Å². The van der Waals surface area contributed by atoms with E-state index in [1.165, 1.54) is 11.1 Å². The quantitative estimate of drug-likeness (QED) is 0.561. The highest BCUT2D eigenvalue weighted by atomic mass is 35.5. The maximum absolute atomic E-state index is 12.2. The molecule has 0 radical (unpaired) electrons. The monoisotopic (exact) mass is 315 g/mol. The van der Waals surface area contributed by atoms with Gasteiger partial charge in [0.2, 0.25) is 0 Å². The third kappa shape index (κ3) is 3.40. The summed E-state index contributed by atoms with van der Waals surface area (Å²) in [4.78, 5) is 17.6. The first-order valence-corrected chi connectivity index (χ1v) is 6.07. The number of fused-ring (bicyclic) bond motifs is 1. The molecule has 1 aliphatic rings. The zero-order valence-electron chi connectivity index (χ0n) is 11.7. The van der Waals surface area contributed by atoms with Crippen molar-refractivity contribution in [3.63, 3.8) is 0 Å². The first-order chi connectivity index (χ1) is 8.54. The predicted molar refractivity (Wildman–Crippen MR) is 67.9 cm³/mol. The van der Waals surface area contributed by atoms with Crippen LogP contribution in [0.1, 0.15) is 37.2 Å². The minimum atomic E-state index is -0.227. The fourth-order valence-corrected chi connectivity index (χ4v) is 2.28. The van der Waals surface area contributed by atoms with Gasteiger partial charge in [0.25, 0.3) is 5.56 Å². The summed E-state index contributed by atoms with van der Waals surface area (Å²) < 4.78 is 1.65. The predicted octanol–water partition coefficient (Wildman–Crippen LogP) is -6.04. The van der Waals surface area contributed by atoms with Crippen molar-refractivity contribution in [1.29, 1.82) is 5.26 Å². The number of rotatable bonds is 1. The first-order valence-electron chi connectivity index (χ1n) is 6.07. The summed E-state index contributed by atoms with van der Waals surface area (Å²) in [5.41, 5.74) is 0.966. The number of aromatic nitrogens is 2. The smallest absolute Gasteiger partial charge is 0.271 e. The Morgan fingerprint density at radius 2 is 2.15 bits per heavy atom. The van der Waals surface area contributed by atoms with E-state index in [9.17, 15) is 4.79 Å². The molecular weight excluding hydrogens is 299 g/mol. The summed E-state index contributed by atoms with van der Waals surface area (Å²) in [5.74, 6) is 0.707. The Bertz CT molecular complexity index is 601. The highest BCUT2D eigenvalue weighted by Gasteiger charge is 2.24. The fraction of sp³-hybridized carbons (Fsp3) is 0.462. The number of nitrogens with one attached hydrogen (secondary N) is 1. The van der Waals surface area contributed by atoms with E-state index in [1.807, 2.05) is 27.1 Å². The lowest BCUT2D eigenvalue weighted by Gasteiger charge is -2.25. The van der Waals surface area contributed by atoms with Gasteiger partial charge in [-0.15, -0.1) is 0 Å². The van der Waals surface area contributed by atoms with Crippen LogP contribution in [0.25, 0.3) is 5.57 Å². The second-order valence-electron chi connectivity index (χ2n) is 4.92. The zero-order chi connectivity index (χ0) is 13.3. The van der Waals surface area contributed by atoms with Crippen LogP contribution in [0, 0.1) is 11.3 Å². The molecule has 2 rings (SSSR count). The van der Waals surface area contributed by atoms with Crippen molar-refractivity contribution in [2.24, 2.45) is 0 Å². The van der Waals surface area contributed by atoms with Crippen molar-refractivity contribution in [2.45, 2.75) is 25.8 Å². The van der Waals surface area contributed by atoms with Gasteiger partial charge in [-0.1, -0.05) is 0 Å². The molecule has 5 nitrogen and oxygen atoms in total. The van der Waals surface area contributed by atoms with Crippen molar-refractivity contribution in [3.8, 4) is 6.07 Å². The lowest BCUT2D eigenvalue weighted by atomic mass is 10.0. The molecule has 0 saturated carbocycles. The molecule has 0 aliphatic carbocycles. The average Bonchev–Trinajstić information content (AvgIpc) is 2.32. The number of nitriles is 1. The van der Waals surface area contributed by atoms with Crippen LogP contribution in [0.4, 0.5) is 0 Å². The molecule has 1 unspecified atom stereocenters. The second kappa shape index (κ2) is 7.44. The molecule has 0 saturated heterocycles. The third-order valence-corrected chi connectivity index (χ3v) is 3.14. The molecule has 7 heteroatoms. The molecule has 2 heterocycles. The van der Waals surface area contributed by atoms with Gasteiger partial charge in [0.15, 0.2) is 0 Å². The van der Waals surface area contributed by atoms with Crippen molar-refractivity contribution in [2.75, 3.05) is 14.1 Å². The summed E-state index contributed by atoms with van der Waals surface area (Å²) in [6.45, 7) is 1.99. The van der Waals surface area contributed by atoms with Gasteiger partial charge < -0.3 is 29.7 Å². The number of nitrogens with zero attached hydrogens (tertiary/aromatic N) is 3. The van der Waals surface area contributed by atoms with Crippen LogP contribution < -0.4 is 35.3 Å². The highest BCUT2D eigenvalue weighted by molar-refractivity contribution is 5.60. The zero-order valence-corrected chi connectivity index (χ0v) is 13.2. The summed E-state index contributed by atoms with van der Waals surface area (Å²) >= 11 is 0. The molecule has 0 spiro atoms. The maximum atomic E-state index is 12.2. The van der Waals surface area contributed by atoms with E-state index in [2.05, 4.69) is 11.2 Å². The molecule has 1 aromatic rings. The normalized spacial score (nSPS) is 18.8. The van der Waals surface area contributed by atoms with Crippen LogP contribution in [0.15, 0.2) is 17.2 Å². The average molecular weight is 316 g/mol. The number of allylic oxidation sites excluding steroid dienone is 1. The van der Waals surface area contributed by atoms with E-state index in [-0.39, 0.29) is 42.0 Å². The fourth-order valence-electron chi connectivity index (χ4n) is 2.28. The standard InChI is InChI=1S/C13H16N4O.2ClH/c1-9-4-5-10(8-16(2)3)12-15-7-11(6-14)13(18)17(9)12;;/h7-9H,4-5H2,1-3H3;2*1H/p-1/b10-8+;;. The molecule has 0 bridgehead atoms. The van der Waals surface area contributed by atoms with E-state index in [4.69, 9.17) is 5.26 Å². The molecule has 110 valence electrons. The van der Waals surface area contributed by atoms with Gasteiger partial charge in [-0.05, 0) is 19.8 Å². The molecule has 0 amide bonds. The number of quaternary nitrogens is 1. The van der Waals surface area contributed by atoms with Crippen LogP contribution in [-0.2, 0) is 0 Å². The lowest BCUT2D eigenvalue weighted by molar-refractivity contribution is -0.800. The van der Waals surface area contributed by atoms with Crippen LogP contribution in [0.3, 0.4) is 0 Å². The summed E-state index contributed by atoms with van der Waals surface area (Å²) in [7, 11) is 4.05. The van der Waals surface area contributed by atoms with Gasteiger partial charge in [0, 0.05) is 11.6 Å². The van der Waals surface area contributed by atoms with E-state index in [0.29, 0.717) is 5.82 Å². The first kappa shape index (κ1) is 18.7. The van der Waals surface area contributed by atoms with Gasteiger partial charge in [0.05, 0.1) is 20.3 Å². The maximum Gasteiger partial charge on any atom is 0.271 e. The van der Waals surface area contributed by atoms with Gasteiger partial charge >= 0.3 is 0 Å². The molecule has 0 aromatic carbocycles.